The van der Waals surface area contributed by atoms with Gasteiger partial charge in [-0.3, -0.25) is 4.79 Å². The van der Waals surface area contributed by atoms with Crippen LogP contribution in [0.4, 0.5) is 13.2 Å². The SMILES string of the molecule is COC(=O)C1=C(C)NC(COC(C)=O)=C(C(=O)OC)C1c1cccc2c1OC(F)C(F)(F)O2. The summed E-state index contributed by atoms with van der Waals surface area (Å²) in [6.07, 6.45) is -7.40. The lowest BCUT2D eigenvalue weighted by Crippen LogP contribution is -2.43. The van der Waals surface area contributed by atoms with Crippen LogP contribution in [0.5, 0.6) is 11.5 Å². The lowest BCUT2D eigenvalue weighted by molar-refractivity contribution is -0.281. The fourth-order valence-electron chi connectivity index (χ4n) is 3.56. The van der Waals surface area contributed by atoms with Crippen molar-refractivity contribution in [3.05, 3.63) is 46.3 Å². The number of halogens is 3. The van der Waals surface area contributed by atoms with Crippen LogP contribution < -0.4 is 14.8 Å². The first-order valence-electron chi connectivity index (χ1n) is 9.53. The average Bonchev–Trinajstić information content (AvgIpc) is 2.76. The molecule has 12 heteroatoms. The molecular formula is C21H20F3NO8. The van der Waals surface area contributed by atoms with Gasteiger partial charge in [0.2, 0.25) is 0 Å². The molecule has 1 aromatic carbocycles. The molecule has 0 saturated carbocycles. The quantitative estimate of drug-likeness (QED) is 0.512. The van der Waals surface area contributed by atoms with Gasteiger partial charge in [-0.2, -0.15) is 13.2 Å². The van der Waals surface area contributed by atoms with E-state index in [1.54, 1.807) is 0 Å². The van der Waals surface area contributed by atoms with Gasteiger partial charge in [0.1, 0.15) is 6.61 Å². The Hall–Kier alpha value is -3.70. The maximum Gasteiger partial charge on any atom is 0.468 e. The van der Waals surface area contributed by atoms with Crippen molar-refractivity contribution in [1.29, 1.82) is 0 Å². The number of dihydropyridines is 1. The number of ether oxygens (including phenoxy) is 5. The van der Waals surface area contributed by atoms with Crippen LogP contribution in [0.3, 0.4) is 0 Å². The van der Waals surface area contributed by atoms with Crippen LogP contribution in [-0.2, 0) is 28.6 Å². The van der Waals surface area contributed by atoms with Gasteiger partial charge in [-0.05, 0) is 13.0 Å². The number of carbonyl (C=O) groups is 3. The van der Waals surface area contributed by atoms with E-state index in [-0.39, 0.29) is 28.1 Å². The molecule has 33 heavy (non-hydrogen) atoms. The van der Waals surface area contributed by atoms with Crippen LogP contribution in [0, 0.1) is 0 Å². The lowest BCUT2D eigenvalue weighted by Gasteiger charge is -2.34. The molecule has 9 nitrogen and oxygen atoms in total. The topological polar surface area (TPSA) is 109 Å². The van der Waals surface area contributed by atoms with E-state index >= 15 is 0 Å². The van der Waals surface area contributed by atoms with Crippen molar-refractivity contribution < 1.29 is 51.2 Å². The summed E-state index contributed by atoms with van der Waals surface area (Å²) in [4.78, 5) is 36.8. The number of methoxy groups -OCH3 is 2. The molecule has 0 aliphatic carbocycles. The van der Waals surface area contributed by atoms with Crippen molar-refractivity contribution >= 4 is 17.9 Å². The van der Waals surface area contributed by atoms with E-state index < -0.39 is 54.4 Å². The van der Waals surface area contributed by atoms with Crippen LogP contribution in [-0.4, -0.2) is 51.2 Å². The Morgan fingerprint density at radius 3 is 2.36 bits per heavy atom. The van der Waals surface area contributed by atoms with Gasteiger partial charge in [0.25, 0.3) is 0 Å². The number of alkyl halides is 3. The van der Waals surface area contributed by atoms with Gasteiger partial charge in [0.15, 0.2) is 11.5 Å². The number of rotatable bonds is 5. The van der Waals surface area contributed by atoms with E-state index in [2.05, 4.69) is 10.1 Å². The molecule has 2 heterocycles. The fraction of sp³-hybridized carbons (Fsp3) is 0.381. The Balaban J connectivity index is 2.28. The maximum atomic E-state index is 14.0. The average molecular weight is 471 g/mol. The van der Waals surface area contributed by atoms with Gasteiger partial charge in [0.05, 0.1) is 37.0 Å². The molecule has 1 N–H and O–H groups in total. The number of hydrogen-bond donors (Lipinski definition) is 1. The number of benzene rings is 1. The minimum absolute atomic E-state index is 0.0485. The largest absolute Gasteiger partial charge is 0.468 e. The number of para-hydroxylation sites is 1. The van der Waals surface area contributed by atoms with Crippen molar-refractivity contribution in [3.63, 3.8) is 0 Å². The summed E-state index contributed by atoms with van der Waals surface area (Å²) in [5.74, 6) is -4.71. The third kappa shape index (κ3) is 4.45. The number of allylic oxidation sites excluding steroid dienone is 1. The van der Waals surface area contributed by atoms with Crippen LogP contribution in [0.25, 0.3) is 0 Å². The summed E-state index contributed by atoms with van der Waals surface area (Å²) >= 11 is 0. The second-order valence-corrected chi connectivity index (χ2v) is 7.02. The summed E-state index contributed by atoms with van der Waals surface area (Å²) in [5, 5.41) is 2.82. The third-order valence-corrected chi connectivity index (χ3v) is 4.93. The van der Waals surface area contributed by atoms with Crippen LogP contribution >= 0.6 is 0 Å². The molecule has 0 radical (unpaired) electrons. The standard InChI is InChI=1S/C21H20F3NO8/c1-9-14(18(27)29-3)15(16(19(28)30-4)12(25-9)8-31-10(2)26)11-6-5-7-13-17(11)32-20(22)21(23,24)33-13/h5-7,15,20,25H,8H2,1-4H3. The fourth-order valence-corrected chi connectivity index (χ4v) is 3.56. The second kappa shape index (κ2) is 9.04. The van der Waals surface area contributed by atoms with Gasteiger partial charge in [-0.25, -0.2) is 9.59 Å². The van der Waals surface area contributed by atoms with Crippen molar-refractivity contribution in [2.75, 3.05) is 20.8 Å². The number of carbonyl (C=O) groups excluding carboxylic acids is 3. The Morgan fingerprint density at radius 2 is 1.76 bits per heavy atom. The predicted molar refractivity (Wildman–Crippen MR) is 104 cm³/mol. The Kier molecular flexibility index (Phi) is 6.56. The first kappa shape index (κ1) is 24.0. The molecule has 2 aliphatic rings. The van der Waals surface area contributed by atoms with E-state index in [1.165, 1.54) is 19.1 Å². The van der Waals surface area contributed by atoms with Crippen molar-refractivity contribution in [3.8, 4) is 11.5 Å². The summed E-state index contributed by atoms with van der Waals surface area (Å²) < 4.78 is 65.4. The molecule has 2 atom stereocenters. The van der Waals surface area contributed by atoms with Crippen molar-refractivity contribution in [2.24, 2.45) is 0 Å². The number of esters is 3. The molecule has 2 aliphatic heterocycles. The number of hydrogen-bond acceptors (Lipinski definition) is 9. The van der Waals surface area contributed by atoms with E-state index in [4.69, 9.17) is 18.9 Å². The molecule has 0 aromatic heterocycles. The first-order valence-corrected chi connectivity index (χ1v) is 9.53. The van der Waals surface area contributed by atoms with E-state index in [0.29, 0.717) is 0 Å². The molecule has 0 saturated heterocycles. The Bertz CT molecular complexity index is 1070. The number of fused-ring (bicyclic) bond motifs is 1. The highest BCUT2D eigenvalue weighted by molar-refractivity contribution is 6.00. The monoisotopic (exact) mass is 471 g/mol. The van der Waals surface area contributed by atoms with E-state index in [0.717, 1.165) is 27.2 Å². The molecule has 3 rings (SSSR count). The van der Waals surface area contributed by atoms with Gasteiger partial charge in [0, 0.05) is 18.2 Å². The highest BCUT2D eigenvalue weighted by Crippen LogP contribution is 2.49. The summed E-state index contributed by atoms with van der Waals surface area (Å²) in [7, 11) is 2.19. The highest BCUT2D eigenvalue weighted by atomic mass is 19.3. The van der Waals surface area contributed by atoms with Gasteiger partial charge >= 0.3 is 30.4 Å². The van der Waals surface area contributed by atoms with Gasteiger partial charge in [-0.1, -0.05) is 12.1 Å². The zero-order valence-corrected chi connectivity index (χ0v) is 18.0. The molecule has 0 spiro atoms. The molecule has 0 bridgehead atoms. The van der Waals surface area contributed by atoms with Crippen LogP contribution in [0.1, 0.15) is 25.3 Å². The predicted octanol–water partition coefficient (Wildman–Crippen LogP) is 2.47. The van der Waals surface area contributed by atoms with Crippen molar-refractivity contribution in [1.82, 2.24) is 5.32 Å². The van der Waals surface area contributed by atoms with E-state index in [9.17, 15) is 27.6 Å². The maximum absolute atomic E-state index is 14.0. The summed E-state index contributed by atoms with van der Waals surface area (Å²) in [5.41, 5.74) is -0.0851. The zero-order chi connectivity index (χ0) is 24.5. The molecule has 0 amide bonds. The third-order valence-electron chi connectivity index (χ3n) is 4.93. The van der Waals surface area contributed by atoms with Crippen LogP contribution in [0.15, 0.2) is 40.7 Å². The second-order valence-electron chi connectivity index (χ2n) is 7.02. The lowest BCUT2D eigenvalue weighted by atomic mass is 9.79. The van der Waals surface area contributed by atoms with E-state index in [1.807, 2.05) is 0 Å². The Labute approximate surface area is 186 Å². The normalized spacial score (nSPS) is 21.2. The molecule has 178 valence electrons. The zero-order valence-electron chi connectivity index (χ0n) is 18.0. The first-order chi connectivity index (χ1) is 15.5. The molecule has 1 aromatic rings. The molecule has 2 unspecified atom stereocenters. The number of nitrogens with one attached hydrogen (secondary N) is 1. The van der Waals surface area contributed by atoms with Crippen LogP contribution in [0.2, 0.25) is 0 Å². The minimum atomic E-state index is -4.25. The van der Waals surface area contributed by atoms with Gasteiger partial charge < -0.3 is 29.0 Å². The molecular weight excluding hydrogens is 451 g/mol. The summed E-state index contributed by atoms with van der Waals surface area (Å²) in [6.45, 7) is 2.24. The minimum Gasteiger partial charge on any atom is -0.466 e. The van der Waals surface area contributed by atoms with Crippen molar-refractivity contribution in [2.45, 2.75) is 32.2 Å². The molecule has 0 fully saturated rings. The smallest absolute Gasteiger partial charge is 0.466 e. The highest BCUT2D eigenvalue weighted by Gasteiger charge is 2.51. The summed E-state index contributed by atoms with van der Waals surface area (Å²) in [6, 6.07) is 3.77. The Morgan fingerprint density at radius 1 is 1.12 bits per heavy atom. The van der Waals surface area contributed by atoms with Gasteiger partial charge in [-0.15, -0.1) is 0 Å².